The van der Waals surface area contributed by atoms with E-state index in [2.05, 4.69) is 20.0 Å². The fourth-order valence-corrected chi connectivity index (χ4v) is 3.20. The first-order chi connectivity index (χ1) is 13.9. The molecule has 1 aliphatic rings. The first kappa shape index (κ1) is 21.6. The molecule has 8 nitrogen and oxygen atoms in total. The molecule has 30 heavy (non-hydrogen) atoms. The van der Waals surface area contributed by atoms with Gasteiger partial charge < -0.3 is 20.4 Å². The number of alkyl halides is 3. The van der Waals surface area contributed by atoms with Gasteiger partial charge in [-0.05, 0) is 25.1 Å². The number of rotatable bonds is 3. The third-order valence-electron chi connectivity index (χ3n) is 4.55. The van der Waals surface area contributed by atoms with Crippen molar-refractivity contribution in [1.82, 2.24) is 9.55 Å². The Balaban J connectivity index is 1.99. The first-order valence-electron chi connectivity index (χ1n) is 8.62. The second kappa shape index (κ2) is 7.63. The van der Waals surface area contributed by atoms with Crippen molar-refractivity contribution >= 4 is 29.2 Å². The van der Waals surface area contributed by atoms with Gasteiger partial charge >= 0.3 is 6.18 Å². The van der Waals surface area contributed by atoms with Crippen LogP contribution in [-0.4, -0.2) is 33.8 Å². The van der Waals surface area contributed by atoms with Gasteiger partial charge in [-0.25, -0.2) is 9.98 Å². The quantitative estimate of drug-likeness (QED) is 0.757. The molecule has 0 fully saturated rings. The predicted molar refractivity (Wildman–Crippen MR) is 103 cm³/mol. The second-order valence-corrected chi connectivity index (χ2v) is 7.39. The van der Waals surface area contributed by atoms with Crippen LogP contribution in [0.3, 0.4) is 0 Å². The summed E-state index contributed by atoms with van der Waals surface area (Å²) in [5, 5.41) is 2.90. The number of aromatic nitrogens is 2. The van der Waals surface area contributed by atoms with Gasteiger partial charge in [0, 0.05) is 31.4 Å². The van der Waals surface area contributed by atoms with E-state index in [4.69, 9.17) is 17.3 Å². The Morgan fingerprint density at radius 1 is 1.43 bits per heavy atom. The summed E-state index contributed by atoms with van der Waals surface area (Å²) in [6.07, 6.45) is -4.94. The number of halogens is 4. The maximum atomic E-state index is 13.2. The second-order valence-electron chi connectivity index (χ2n) is 6.95. The Morgan fingerprint density at radius 2 is 2.13 bits per heavy atom. The summed E-state index contributed by atoms with van der Waals surface area (Å²) in [6, 6.07) is 3.48. The zero-order chi connectivity index (χ0) is 22.3. The molecule has 0 saturated heterocycles. The molecular formula is C18H17ClF3N5O3. The maximum Gasteiger partial charge on any atom is 0.425 e. The fraction of sp³-hybridized carbons (Fsp3) is 0.333. The van der Waals surface area contributed by atoms with E-state index in [1.165, 1.54) is 44.6 Å². The number of ether oxygens (including phenoxy) is 1. The molecular weight excluding hydrogens is 427 g/mol. The summed E-state index contributed by atoms with van der Waals surface area (Å²) in [6.45, 7) is 1.35. The Labute approximate surface area is 173 Å². The van der Waals surface area contributed by atoms with E-state index >= 15 is 0 Å². The molecule has 2 aromatic rings. The molecule has 2 aromatic heterocycles. The summed E-state index contributed by atoms with van der Waals surface area (Å²) in [7, 11) is 1.40. The molecule has 0 unspecified atom stereocenters. The number of carbonyl (C=O) groups is 1. The molecule has 160 valence electrons. The number of nitrogens with two attached hydrogens (primary N) is 1. The highest BCUT2D eigenvalue weighted by Crippen LogP contribution is 2.39. The third kappa shape index (κ3) is 4.40. The van der Waals surface area contributed by atoms with Gasteiger partial charge in [-0.15, -0.1) is 0 Å². The van der Waals surface area contributed by atoms with Crippen LogP contribution < -0.4 is 16.6 Å². The molecule has 0 spiro atoms. The molecule has 1 aliphatic heterocycles. The van der Waals surface area contributed by atoms with Crippen molar-refractivity contribution in [3.05, 3.63) is 57.2 Å². The number of aryl methyl sites for hydroxylation is 1. The molecule has 1 amide bonds. The van der Waals surface area contributed by atoms with Crippen LogP contribution >= 0.6 is 11.6 Å². The normalized spacial score (nSPS) is 21.5. The summed E-state index contributed by atoms with van der Waals surface area (Å²) in [5.41, 5.74) is 3.41. The summed E-state index contributed by atoms with van der Waals surface area (Å²) >= 11 is 5.75. The number of hydrogen-bond donors (Lipinski definition) is 2. The average molecular weight is 444 g/mol. The predicted octanol–water partition coefficient (Wildman–Crippen LogP) is 2.57. The number of anilines is 1. The van der Waals surface area contributed by atoms with Gasteiger partial charge in [0.15, 0.2) is 6.10 Å². The summed E-state index contributed by atoms with van der Waals surface area (Å²) in [5.74, 6) is -0.593. The van der Waals surface area contributed by atoms with E-state index in [9.17, 15) is 22.8 Å². The van der Waals surface area contributed by atoms with E-state index < -0.39 is 41.7 Å². The smallest absolute Gasteiger partial charge is 0.425 e. The molecule has 0 saturated carbocycles. The van der Waals surface area contributed by atoms with Gasteiger partial charge in [-0.2, -0.15) is 13.2 Å². The zero-order valence-electron chi connectivity index (χ0n) is 15.8. The minimum atomic E-state index is -4.70. The molecule has 0 aliphatic carbocycles. The molecule has 0 aromatic carbocycles. The van der Waals surface area contributed by atoms with Crippen molar-refractivity contribution in [2.24, 2.45) is 17.8 Å². The molecule has 12 heteroatoms. The van der Waals surface area contributed by atoms with Crippen molar-refractivity contribution in [3.63, 3.8) is 0 Å². The van der Waals surface area contributed by atoms with Crippen molar-refractivity contribution in [2.45, 2.75) is 31.2 Å². The standard InChI is InChI=1S/C18H17ClF3N5O3/c1-17(6-13(18(20,21)22)30-16(23)26-17)11-5-10(8-27(2)15(11)29)25-14(28)12-4-3-9(19)7-24-12/h3-5,7-8,13H,6H2,1-2H3,(H2,23,26)(H,25,28)/t13-,17+/m0/s1. The number of hydrogen-bond acceptors (Lipinski definition) is 6. The van der Waals surface area contributed by atoms with Crippen molar-refractivity contribution in [3.8, 4) is 0 Å². The van der Waals surface area contributed by atoms with E-state index in [1.807, 2.05) is 0 Å². The van der Waals surface area contributed by atoms with Crippen LogP contribution in [0.5, 0.6) is 0 Å². The first-order valence-corrected chi connectivity index (χ1v) is 8.99. The van der Waals surface area contributed by atoms with Gasteiger partial charge in [0.25, 0.3) is 17.5 Å². The van der Waals surface area contributed by atoms with E-state index in [0.29, 0.717) is 5.02 Å². The van der Waals surface area contributed by atoms with Crippen LogP contribution in [0.1, 0.15) is 29.4 Å². The van der Waals surface area contributed by atoms with E-state index in [1.54, 1.807) is 0 Å². The van der Waals surface area contributed by atoms with Crippen molar-refractivity contribution < 1.29 is 22.7 Å². The molecule has 0 radical (unpaired) electrons. The Hall–Kier alpha value is -3.08. The van der Waals surface area contributed by atoms with Crippen molar-refractivity contribution in [2.75, 3.05) is 5.32 Å². The SMILES string of the molecule is Cn1cc(NC(=O)c2ccc(Cl)cn2)cc([C@@]2(C)C[C@@H](C(F)(F)F)OC(N)=N2)c1=O. The van der Waals surface area contributed by atoms with Crippen molar-refractivity contribution in [1.29, 1.82) is 0 Å². The maximum absolute atomic E-state index is 13.2. The van der Waals surface area contributed by atoms with E-state index in [-0.39, 0.29) is 16.9 Å². The fourth-order valence-electron chi connectivity index (χ4n) is 3.09. The van der Waals surface area contributed by atoms with Gasteiger partial charge in [0.05, 0.1) is 16.2 Å². The van der Waals surface area contributed by atoms with Crippen LogP contribution in [0.2, 0.25) is 5.02 Å². The van der Waals surface area contributed by atoms with Crippen LogP contribution in [0.15, 0.2) is 40.4 Å². The topological polar surface area (TPSA) is 112 Å². The van der Waals surface area contributed by atoms with Crippen LogP contribution in [0.4, 0.5) is 18.9 Å². The lowest BCUT2D eigenvalue weighted by atomic mass is 9.86. The molecule has 2 atom stereocenters. The van der Waals surface area contributed by atoms with E-state index in [0.717, 1.165) is 4.57 Å². The molecule has 3 rings (SSSR count). The highest BCUT2D eigenvalue weighted by atomic mass is 35.5. The highest BCUT2D eigenvalue weighted by molar-refractivity contribution is 6.30. The summed E-state index contributed by atoms with van der Waals surface area (Å²) < 4.78 is 45.4. The van der Waals surface area contributed by atoms with Gasteiger partial charge in [-0.3, -0.25) is 9.59 Å². The average Bonchev–Trinajstić information content (AvgIpc) is 2.63. The lowest BCUT2D eigenvalue weighted by Gasteiger charge is -2.35. The Morgan fingerprint density at radius 3 is 2.73 bits per heavy atom. The highest BCUT2D eigenvalue weighted by Gasteiger charge is 2.50. The monoisotopic (exact) mass is 443 g/mol. The number of amidine groups is 1. The summed E-state index contributed by atoms with van der Waals surface area (Å²) in [4.78, 5) is 32.9. The number of carbonyl (C=O) groups excluding carboxylic acids is 1. The van der Waals surface area contributed by atoms with Gasteiger partial charge in [0.2, 0.25) is 0 Å². The minimum Gasteiger partial charge on any atom is -0.452 e. The minimum absolute atomic E-state index is 0.0616. The van der Waals surface area contributed by atoms with Gasteiger partial charge in [0.1, 0.15) is 5.69 Å². The number of nitrogens with one attached hydrogen (secondary N) is 1. The lowest BCUT2D eigenvalue weighted by Crippen LogP contribution is -2.47. The number of nitrogens with zero attached hydrogens (tertiary/aromatic N) is 3. The number of pyridine rings is 2. The van der Waals surface area contributed by atoms with Crippen LogP contribution in [0, 0.1) is 0 Å². The molecule has 3 N–H and O–H groups in total. The zero-order valence-corrected chi connectivity index (χ0v) is 16.6. The number of aliphatic imine (C=N–C) groups is 1. The molecule has 0 bridgehead atoms. The third-order valence-corrected chi connectivity index (χ3v) is 4.77. The Bertz CT molecular complexity index is 1070. The number of amides is 1. The Kier molecular flexibility index (Phi) is 5.50. The van der Waals surface area contributed by atoms with Crippen LogP contribution in [0.25, 0.3) is 0 Å². The molecule has 3 heterocycles. The lowest BCUT2D eigenvalue weighted by molar-refractivity contribution is -0.208. The van der Waals surface area contributed by atoms with Crippen LogP contribution in [-0.2, 0) is 17.3 Å². The largest absolute Gasteiger partial charge is 0.452 e. The van der Waals surface area contributed by atoms with Gasteiger partial charge in [-0.1, -0.05) is 11.6 Å².